The van der Waals surface area contributed by atoms with Gasteiger partial charge >= 0.3 is 6.03 Å². The van der Waals surface area contributed by atoms with E-state index in [-0.39, 0.29) is 28.9 Å². The summed E-state index contributed by atoms with van der Waals surface area (Å²) in [4.78, 5) is 23.6. The maximum Gasteiger partial charge on any atom is 0.321 e. The van der Waals surface area contributed by atoms with Crippen molar-refractivity contribution in [3.05, 3.63) is 30.1 Å². The van der Waals surface area contributed by atoms with Crippen LogP contribution in [-0.4, -0.2) is 33.4 Å². The van der Waals surface area contributed by atoms with Crippen LogP contribution in [0.1, 0.15) is 20.8 Å². The molecule has 3 N–H and O–H groups in total. The average molecular weight is 383 g/mol. The SMILES string of the molecule is CC(C)(C)NC(=O)Nc1nnc(SCC(=O)Nc2ccccc2F)s1. The summed E-state index contributed by atoms with van der Waals surface area (Å²) in [6.07, 6.45) is 0. The first-order chi connectivity index (χ1) is 11.7. The van der Waals surface area contributed by atoms with Crippen LogP contribution in [0, 0.1) is 5.82 Å². The normalized spacial score (nSPS) is 11.0. The Morgan fingerprint density at radius 1 is 1.20 bits per heavy atom. The number of amides is 3. The third kappa shape index (κ3) is 6.67. The van der Waals surface area contributed by atoms with Crippen molar-refractivity contribution in [1.82, 2.24) is 15.5 Å². The van der Waals surface area contributed by atoms with Crippen LogP contribution in [0.15, 0.2) is 28.6 Å². The molecule has 0 radical (unpaired) electrons. The summed E-state index contributed by atoms with van der Waals surface area (Å²) in [6.45, 7) is 5.59. The lowest BCUT2D eigenvalue weighted by Gasteiger charge is -2.19. The van der Waals surface area contributed by atoms with E-state index in [0.29, 0.717) is 9.47 Å². The number of benzene rings is 1. The van der Waals surface area contributed by atoms with Gasteiger partial charge in [0.15, 0.2) is 4.34 Å². The van der Waals surface area contributed by atoms with Crippen molar-refractivity contribution in [3.63, 3.8) is 0 Å². The Hall–Kier alpha value is -2.20. The molecule has 134 valence electrons. The number of thioether (sulfide) groups is 1. The minimum atomic E-state index is -0.492. The van der Waals surface area contributed by atoms with Gasteiger partial charge in [0, 0.05) is 5.54 Å². The molecular weight excluding hydrogens is 365 g/mol. The number of carbonyl (C=O) groups excluding carboxylic acids is 2. The van der Waals surface area contributed by atoms with E-state index in [2.05, 4.69) is 26.1 Å². The minimum Gasteiger partial charge on any atom is -0.333 e. The van der Waals surface area contributed by atoms with Gasteiger partial charge in [0.25, 0.3) is 0 Å². The molecule has 25 heavy (non-hydrogen) atoms. The summed E-state index contributed by atoms with van der Waals surface area (Å²) in [7, 11) is 0. The van der Waals surface area contributed by atoms with Crippen molar-refractivity contribution >= 4 is 45.9 Å². The Kier molecular flexibility index (Phi) is 6.32. The topological polar surface area (TPSA) is 96.0 Å². The second-order valence-corrected chi connectivity index (χ2v) is 8.22. The summed E-state index contributed by atoms with van der Waals surface area (Å²) in [5.41, 5.74) is -0.233. The third-order valence-electron chi connectivity index (χ3n) is 2.59. The Morgan fingerprint density at radius 2 is 1.92 bits per heavy atom. The summed E-state index contributed by atoms with van der Waals surface area (Å²) >= 11 is 2.31. The van der Waals surface area contributed by atoms with Crippen molar-refractivity contribution in [1.29, 1.82) is 0 Å². The lowest BCUT2D eigenvalue weighted by Crippen LogP contribution is -2.43. The number of nitrogens with one attached hydrogen (secondary N) is 3. The summed E-state index contributed by atoms with van der Waals surface area (Å²) in [5.74, 6) is -0.796. The Bertz CT molecular complexity index is 760. The standard InChI is InChI=1S/C15H18FN5O2S2/c1-15(2,3)19-12(23)18-13-20-21-14(25-13)24-8-11(22)17-10-7-5-4-6-9(10)16/h4-7H,8H2,1-3H3,(H,17,22)(H2,18,19,20,23). The van der Waals surface area contributed by atoms with Gasteiger partial charge in [-0.3, -0.25) is 10.1 Å². The molecule has 2 rings (SSSR count). The zero-order chi connectivity index (χ0) is 18.4. The fourth-order valence-electron chi connectivity index (χ4n) is 1.66. The molecule has 0 bridgehead atoms. The number of urea groups is 1. The first kappa shape index (κ1) is 19.1. The molecule has 0 spiro atoms. The van der Waals surface area contributed by atoms with Crippen LogP contribution in [0.4, 0.5) is 20.0 Å². The summed E-state index contributed by atoms with van der Waals surface area (Å²) in [6, 6.07) is 5.56. The van der Waals surface area contributed by atoms with Crippen LogP contribution in [0.2, 0.25) is 0 Å². The lowest BCUT2D eigenvalue weighted by atomic mass is 10.1. The van der Waals surface area contributed by atoms with Crippen molar-refractivity contribution in [2.24, 2.45) is 0 Å². The zero-order valence-corrected chi connectivity index (χ0v) is 15.6. The monoisotopic (exact) mass is 383 g/mol. The molecule has 0 atom stereocenters. The minimum absolute atomic E-state index is 0.0527. The smallest absolute Gasteiger partial charge is 0.321 e. The Morgan fingerprint density at radius 3 is 2.60 bits per heavy atom. The molecule has 0 aliphatic rings. The van der Waals surface area contributed by atoms with Gasteiger partial charge in [-0.2, -0.15) is 0 Å². The van der Waals surface area contributed by atoms with E-state index in [1.165, 1.54) is 12.1 Å². The van der Waals surface area contributed by atoms with Crippen LogP contribution < -0.4 is 16.0 Å². The lowest BCUT2D eigenvalue weighted by molar-refractivity contribution is -0.113. The Labute approximate surface area is 152 Å². The fourth-order valence-corrected chi connectivity index (χ4v) is 3.21. The van der Waals surface area contributed by atoms with Gasteiger partial charge in [-0.1, -0.05) is 35.2 Å². The molecule has 1 aromatic carbocycles. The predicted octanol–water partition coefficient (Wildman–Crippen LogP) is 3.33. The van der Waals surface area contributed by atoms with E-state index in [4.69, 9.17) is 0 Å². The maximum absolute atomic E-state index is 13.5. The maximum atomic E-state index is 13.5. The van der Waals surface area contributed by atoms with E-state index in [0.717, 1.165) is 23.1 Å². The molecule has 2 aromatic rings. The van der Waals surface area contributed by atoms with Gasteiger partial charge in [-0.05, 0) is 32.9 Å². The Balaban J connectivity index is 1.82. The zero-order valence-electron chi connectivity index (χ0n) is 13.9. The number of aromatic nitrogens is 2. The highest BCUT2D eigenvalue weighted by atomic mass is 32.2. The van der Waals surface area contributed by atoms with Crippen LogP contribution >= 0.6 is 23.1 Å². The predicted molar refractivity (Wildman–Crippen MR) is 97.6 cm³/mol. The fraction of sp³-hybridized carbons (Fsp3) is 0.333. The molecule has 7 nitrogen and oxygen atoms in total. The molecule has 0 aliphatic heterocycles. The van der Waals surface area contributed by atoms with Crippen molar-refractivity contribution < 1.29 is 14.0 Å². The highest BCUT2D eigenvalue weighted by Crippen LogP contribution is 2.25. The molecule has 0 aliphatic carbocycles. The number of nitrogens with zero attached hydrogens (tertiary/aromatic N) is 2. The van der Waals surface area contributed by atoms with E-state index in [9.17, 15) is 14.0 Å². The van der Waals surface area contributed by atoms with Gasteiger partial charge in [0.1, 0.15) is 5.82 Å². The molecule has 3 amide bonds. The number of carbonyl (C=O) groups is 2. The molecule has 0 saturated carbocycles. The van der Waals surface area contributed by atoms with Gasteiger partial charge < -0.3 is 10.6 Å². The average Bonchev–Trinajstić information content (AvgIpc) is 2.93. The molecule has 10 heteroatoms. The van der Waals surface area contributed by atoms with Gasteiger partial charge in [-0.25, -0.2) is 9.18 Å². The van der Waals surface area contributed by atoms with Gasteiger partial charge in [0.2, 0.25) is 11.0 Å². The molecule has 1 aromatic heterocycles. The largest absolute Gasteiger partial charge is 0.333 e. The van der Waals surface area contributed by atoms with Gasteiger partial charge in [0.05, 0.1) is 11.4 Å². The van der Waals surface area contributed by atoms with E-state index in [1.807, 2.05) is 20.8 Å². The third-order valence-corrected chi connectivity index (χ3v) is 4.56. The molecule has 1 heterocycles. The van der Waals surface area contributed by atoms with Crippen LogP contribution in [0.25, 0.3) is 0 Å². The second kappa shape index (κ2) is 8.26. The van der Waals surface area contributed by atoms with Crippen LogP contribution in [0.3, 0.4) is 0 Å². The molecule has 0 fully saturated rings. The van der Waals surface area contributed by atoms with Crippen molar-refractivity contribution in [3.8, 4) is 0 Å². The summed E-state index contributed by atoms with van der Waals surface area (Å²) < 4.78 is 14.0. The van der Waals surface area contributed by atoms with Gasteiger partial charge in [-0.15, -0.1) is 10.2 Å². The quantitative estimate of drug-likeness (QED) is 0.544. The number of hydrogen-bond donors (Lipinski definition) is 3. The van der Waals surface area contributed by atoms with Crippen molar-refractivity contribution in [2.75, 3.05) is 16.4 Å². The number of para-hydroxylation sites is 1. The number of halogens is 1. The van der Waals surface area contributed by atoms with Crippen LogP contribution in [-0.2, 0) is 4.79 Å². The first-order valence-corrected chi connectivity index (χ1v) is 9.13. The molecular formula is C15H18FN5O2S2. The number of hydrogen-bond acceptors (Lipinski definition) is 6. The van der Waals surface area contributed by atoms with E-state index in [1.54, 1.807) is 12.1 Å². The summed E-state index contributed by atoms with van der Waals surface area (Å²) in [5, 5.41) is 15.9. The number of rotatable bonds is 5. The van der Waals surface area contributed by atoms with E-state index < -0.39 is 5.82 Å². The van der Waals surface area contributed by atoms with Crippen molar-refractivity contribution in [2.45, 2.75) is 30.6 Å². The molecule has 0 saturated heterocycles. The highest BCUT2D eigenvalue weighted by Gasteiger charge is 2.16. The molecule has 0 unspecified atom stereocenters. The second-order valence-electron chi connectivity index (χ2n) is 6.02. The highest BCUT2D eigenvalue weighted by molar-refractivity contribution is 8.01. The van der Waals surface area contributed by atoms with E-state index >= 15 is 0 Å². The van der Waals surface area contributed by atoms with Crippen LogP contribution in [0.5, 0.6) is 0 Å². The first-order valence-electron chi connectivity index (χ1n) is 7.33. The number of anilines is 2.